The van der Waals surface area contributed by atoms with Crippen molar-refractivity contribution in [3.63, 3.8) is 0 Å². The van der Waals surface area contributed by atoms with Crippen molar-refractivity contribution in [2.45, 2.75) is 25.1 Å². The molecule has 0 amide bonds. The molecule has 110 valence electrons. The number of piperidine rings is 3. The van der Waals surface area contributed by atoms with Gasteiger partial charge in [0.25, 0.3) is 0 Å². The molecule has 3 nitrogen and oxygen atoms in total. The molecular formula is C13H22F3N3. The number of fused-ring (bicyclic) bond motifs is 3. The topological polar surface area (TPSA) is 18.5 Å². The van der Waals surface area contributed by atoms with Gasteiger partial charge >= 0.3 is 6.18 Å². The van der Waals surface area contributed by atoms with E-state index < -0.39 is 12.1 Å². The lowest BCUT2D eigenvalue weighted by molar-refractivity contribution is -0.178. The summed E-state index contributed by atoms with van der Waals surface area (Å²) in [6.07, 6.45) is -1.76. The summed E-state index contributed by atoms with van der Waals surface area (Å²) in [7, 11) is 0. The maximum absolute atomic E-state index is 13.0. The van der Waals surface area contributed by atoms with Gasteiger partial charge in [-0.25, -0.2) is 0 Å². The zero-order valence-electron chi connectivity index (χ0n) is 11.1. The number of rotatable bonds is 1. The van der Waals surface area contributed by atoms with Gasteiger partial charge in [-0.1, -0.05) is 0 Å². The molecule has 4 rings (SSSR count). The fourth-order valence-electron chi connectivity index (χ4n) is 3.81. The standard InChI is InChI=1S/C13H22F3N3/c14-13(15,16)11-7-17-3-6-19(8-11)12-9-18-4-1-10(12)2-5-18/h10-12,17H,1-9H2. The zero-order chi connectivity index (χ0) is 13.5. The molecule has 6 heteroatoms. The molecule has 4 aliphatic rings. The van der Waals surface area contributed by atoms with E-state index in [9.17, 15) is 13.2 Å². The third-order valence-electron chi connectivity index (χ3n) is 4.97. The summed E-state index contributed by atoms with van der Waals surface area (Å²) in [5.41, 5.74) is 0. The molecule has 0 aromatic rings. The molecule has 4 heterocycles. The SMILES string of the molecule is FC(F)(F)C1CNCCN(C2CN3CCC2CC3)C1. The van der Waals surface area contributed by atoms with Gasteiger partial charge < -0.3 is 10.2 Å². The first-order chi connectivity index (χ1) is 9.04. The molecule has 0 aliphatic carbocycles. The van der Waals surface area contributed by atoms with E-state index in [-0.39, 0.29) is 13.1 Å². The lowest BCUT2D eigenvalue weighted by Crippen LogP contribution is -2.58. The highest BCUT2D eigenvalue weighted by Gasteiger charge is 2.44. The van der Waals surface area contributed by atoms with E-state index in [0.717, 1.165) is 39.0 Å². The number of hydrogen-bond acceptors (Lipinski definition) is 3. The van der Waals surface area contributed by atoms with E-state index in [0.29, 0.717) is 18.5 Å². The summed E-state index contributed by atoms with van der Waals surface area (Å²) in [6.45, 7) is 4.91. The largest absolute Gasteiger partial charge is 0.394 e. The molecule has 0 radical (unpaired) electrons. The number of alkyl halides is 3. The Morgan fingerprint density at radius 3 is 2.32 bits per heavy atom. The van der Waals surface area contributed by atoms with Crippen LogP contribution >= 0.6 is 0 Å². The summed E-state index contributed by atoms with van der Waals surface area (Å²) in [4.78, 5) is 4.51. The first kappa shape index (κ1) is 13.6. The first-order valence-corrected chi connectivity index (χ1v) is 7.28. The Morgan fingerprint density at radius 1 is 1.00 bits per heavy atom. The normalized spacial score (nSPS) is 41.2. The maximum atomic E-state index is 13.0. The Balaban J connectivity index is 1.69. The molecule has 2 unspecified atom stereocenters. The van der Waals surface area contributed by atoms with Gasteiger partial charge in [0.15, 0.2) is 0 Å². The number of nitrogens with one attached hydrogen (secondary N) is 1. The van der Waals surface area contributed by atoms with Gasteiger partial charge in [-0.3, -0.25) is 4.90 Å². The van der Waals surface area contributed by atoms with Crippen LogP contribution in [0.1, 0.15) is 12.8 Å². The van der Waals surface area contributed by atoms with Crippen LogP contribution in [0.15, 0.2) is 0 Å². The molecule has 0 aromatic carbocycles. The molecule has 1 N–H and O–H groups in total. The second kappa shape index (κ2) is 5.22. The van der Waals surface area contributed by atoms with Crippen LogP contribution in [0.2, 0.25) is 0 Å². The highest BCUT2D eigenvalue weighted by molar-refractivity contribution is 4.94. The van der Waals surface area contributed by atoms with Crippen molar-refractivity contribution in [1.82, 2.24) is 15.1 Å². The lowest BCUT2D eigenvalue weighted by Gasteiger charge is -2.49. The fraction of sp³-hybridized carbons (Fsp3) is 1.00. The van der Waals surface area contributed by atoms with Crippen LogP contribution in [0.5, 0.6) is 0 Å². The molecule has 2 atom stereocenters. The van der Waals surface area contributed by atoms with Crippen LogP contribution in [-0.2, 0) is 0 Å². The van der Waals surface area contributed by atoms with Crippen molar-refractivity contribution in [2.75, 3.05) is 45.8 Å². The predicted octanol–water partition coefficient (Wildman–Crippen LogP) is 1.16. The molecule has 0 saturated carbocycles. The van der Waals surface area contributed by atoms with Gasteiger partial charge in [0.1, 0.15) is 0 Å². The third kappa shape index (κ3) is 2.90. The smallest absolute Gasteiger partial charge is 0.315 e. The number of halogens is 3. The third-order valence-corrected chi connectivity index (χ3v) is 4.97. The van der Waals surface area contributed by atoms with Crippen LogP contribution in [0.4, 0.5) is 13.2 Å². The van der Waals surface area contributed by atoms with Gasteiger partial charge in [-0.2, -0.15) is 13.2 Å². The fourth-order valence-corrected chi connectivity index (χ4v) is 3.81. The minimum absolute atomic E-state index is 0.0705. The van der Waals surface area contributed by atoms with Crippen molar-refractivity contribution in [2.24, 2.45) is 11.8 Å². The summed E-state index contributed by atoms with van der Waals surface area (Å²) in [5.74, 6) is -0.609. The molecule has 4 aliphatic heterocycles. The van der Waals surface area contributed by atoms with Gasteiger partial charge in [0.2, 0.25) is 0 Å². The van der Waals surface area contributed by atoms with Crippen LogP contribution in [0.25, 0.3) is 0 Å². The molecule has 0 aromatic heterocycles. The van der Waals surface area contributed by atoms with Crippen molar-refractivity contribution in [3.05, 3.63) is 0 Å². The Morgan fingerprint density at radius 2 is 1.74 bits per heavy atom. The monoisotopic (exact) mass is 277 g/mol. The Kier molecular flexibility index (Phi) is 3.75. The van der Waals surface area contributed by atoms with Gasteiger partial charge in [0, 0.05) is 38.8 Å². The van der Waals surface area contributed by atoms with Gasteiger partial charge in [0.05, 0.1) is 5.92 Å². The summed E-state index contributed by atoms with van der Waals surface area (Å²) >= 11 is 0. The van der Waals surface area contributed by atoms with Crippen LogP contribution < -0.4 is 5.32 Å². The quantitative estimate of drug-likeness (QED) is 0.776. The molecular weight excluding hydrogens is 255 g/mol. The van der Waals surface area contributed by atoms with E-state index in [1.807, 2.05) is 0 Å². The number of hydrogen-bond donors (Lipinski definition) is 1. The van der Waals surface area contributed by atoms with Crippen molar-refractivity contribution >= 4 is 0 Å². The van der Waals surface area contributed by atoms with Crippen LogP contribution in [-0.4, -0.2) is 67.8 Å². The first-order valence-electron chi connectivity index (χ1n) is 7.28. The van der Waals surface area contributed by atoms with Crippen molar-refractivity contribution < 1.29 is 13.2 Å². The molecule has 2 bridgehead atoms. The van der Waals surface area contributed by atoms with Crippen molar-refractivity contribution in [1.29, 1.82) is 0 Å². The van der Waals surface area contributed by atoms with E-state index in [1.54, 1.807) is 0 Å². The second-order valence-corrected chi connectivity index (χ2v) is 6.14. The maximum Gasteiger partial charge on any atom is 0.394 e. The highest BCUT2D eigenvalue weighted by atomic mass is 19.4. The highest BCUT2D eigenvalue weighted by Crippen LogP contribution is 2.34. The second-order valence-electron chi connectivity index (χ2n) is 6.14. The summed E-state index contributed by atoms with van der Waals surface area (Å²) in [6, 6.07) is 0.340. The van der Waals surface area contributed by atoms with Gasteiger partial charge in [-0.15, -0.1) is 0 Å². The van der Waals surface area contributed by atoms with Crippen LogP contribution in [0, 0.1) is 11.8 Å². The van der Waals surface area contributed by atoms with E-state index in [1.165, 1.54) is 0 Å². The number of nitrogens with zero attached hydrogens (tertiary/aromatic N) is 2. The lowest BCUT2D eigenvalue weighted by atomic mass is 9.83. The minimum Gasteiger partial charge on any atom is -0.315 e. The summed E-state index contributed by atoms with van der Waals surface area (Å²) < 4.78 is 38.9. The van der Waals surface area contributed by atoms with Gasteiger partial charge in [-0.05, 0) is 31.8 Å². The average molecular weight is 277 g/mol. The molecule has 4 fully saturated rings. The average Bonchev–Trinajstić information content (AvgIpc) is 2.65. The Hall–Kier alpha value is -0.330. The van der Waals surface area contributed by atoms with E-state index in [2.05, 4.69) is 15.1 Å². The zero-order valence-corrected chi connectivity index (χ0v) is 11.1. The predicted molar refractivity (Wildman–Crippen MR) is 66.9 cm³/mol. The minimum atomic E-state index is -4.08. The Labute approximate surface area is 112 Å². The summed E-state index contributed by atoms with van der Waals surface area (Å²) in [5, 5.41) is 2.94. The molecule has 4 saturated heterocycles. The molecule has 0 spiro atoms. The van der Waals surface area contributed by atoms with Crippen LogP contribution in [0.3, 0.4) is 0 Å². The Bertz CT molecular complexity index is 313. The van der Waals surface area contributed by atoms with Crippen molar-refractivity contribution in [3.8, 4) is 0 Å². The molecule has 19 heavy (non-hydrogen) atoms. The van der Waals surface area contributed by atoms with E-state index in [4.69, 9.17) is 0 Å². The van der Waals surface area contributed by atoms with E-state index >= 15 is 0 Å².